The van der Waals surface area contributed by atoms with Crippen LogP contribution in [0.4, 0.5) is 0 Å². The smallest absolute Gasteiger partial charge is 0.0743 e. The van der Waals surface area contributed by atoms with Gasteiger partial charge in [0.25, 0.3) is 0 Å². The molecule has 0 spiro atoms. The summed E-state index contributed by atoms with van der Waals surface area (Å²) >= 11 is 1.95. The van der Waals surface area contributed by atoms with Gasteiger partial charge in [-0.2, -0.15) is 0 Å². The van der Waals surface area contributed by atoms with Crippen LogP contribution >= 0.6 is 11.3 Å². The first-order valence-corrected chi connectivity index (χ1v) is 9.73. The molecule has 1 aromatic heterocycles. The Labute approximate surface area is 138 Å². The summed E-state index contributed by atoms with van der Waals surface area (Å²) < 4.78 is 6.13. The minimum atomic E-state index is 0.475. The number of ether oxygens (including phenoxy) is 1. The molecule has 3 nitrogen and oxygen atoms in total. The molecule has 3 fully saturated rings. The van der Waals surface area contributed by atoms with E-state index < -0.39 is 0 Å². The van der Waals surface area contributed by atoms with E-state index in [0.29, 0.717) is 12.1 Å². The zero-order valence-corrected chi connectivity index (χ0v) is 14.5. The second-order valence-corrected chi connectivity index (χ2v) is 8.65. The zero-order chi connectivity index (χ0) is 14.9. The first kappa shape index (κ1) is 15.1. The Morgan fingerprint density at radius 3 is 2.77 bits per heavy atom. The van der Waals surface area contributed by atoms with E-state index in [2.05, 4.69) is 28.9 Å². The minimum absolute atomic E-state index is 0.475. The Morgan fingerprint density at radius 2 is 2.00 bits per heavy atom. The first-order valence-electron chi connectivity index (χ1n) is 8.91. The van der Waals surface area contributed by atoms with E-state index in [1.165, 1.54) is 55.1 Å². The Hall–Kier alpha value is -0.420. The van der Waals surface area contributed by atoms with Crippen LogP contribution in [0.3, 0.4) is 0 Å². The summed E-state index contributed by atoms with van der Waals surface area (Å²) in [7, 11) is 0. The van der Waals surface area contributed by atoms with Crippen molar-refractivity contribution in [1.29, 1.82) is 0 Å². The molecular formula is C18H28N2OS. The van der Waals surface area contributed by atoms with Gasteiger partial charge < -0.3 is 4.74 Å². The normalized spacial score (nSPS) is 31.0. The van der Waals surface area contributed by atoms with E-state index in [9.17, 15) is 0 Å². The van der Waals surface area contributed by atoms with Crippen molar-refractivity contribution in [3.8, 4) is 0 Å². The highest BCUT2D eigenvalue weighted by Crippen LogP contribution is 2.33. The predicted molar refractivity (Wildman–Crippen MR) is 91.4 cm³/mol. The highest BCUT2D eigenvalue weighted by atomic mass is 32.1. The third-order valence-electron chi connectivity index (χ3n) is 5.44. The molecule has 2 atom stereocenters. The van der Waals surface area contributed by atoms with Crippen molar-refractivity contribution in [2.75, 3.05) is 32.8 Å². The van der Waals surface area contributed by atoms with E-state index in [0.717, 1.165) is 25.6 Å². The average molecular weight is 321 g/mol. The van der Waals surface area contributed by atoms with Gasteiger partial charge in [0.2, 0.25) is 0 Å². The molecule has 122 valence electrons. The van der Waals surface area contributed by atoms with Crippen molar-refractivity contribution >= 4 is 11.3 Å². The second kappa shape index (κ2) is 6.60. The van der Waals surface area contributed by atoms with Gasteiger partial charge in [0.1, 0.15) is 0 Å². The monoisotopic (exact) mass is 320 g/mol. The van der Waals surface area contributed by atoms with Crippen molar-refractivity contribution in [2.24, 2.45) is 5.92 Å². The fourth-order valence-corrected chi connectivity index (χ4v) is 4.95. The zero-order valence-electron chi connectivity index (χ0n) is 13.7. The molecule has 1 aliphatic carbocycles. The molecular weight excluding hydrogens is 292 g/mol. The highest BCUT2D eigenvalue weighted by molar-refractivity contribution is 7.11. The van der Waals surface area contributed by atoms with E-state index in [1.54, 1.807) is 0 Å². The summed E-state index contributed by atoms with van der Waals surface area (Å²) in [4.78, 5) is 8.34. The topological polar surface area (TPSA) is 15.7 Å². The second-order valence-electron chi connectivity index (χ2n) is 7.28. The summed E-state index contributed by atoms with van der Waals surface area (Å²) in [6.45, 7) is 9.17. The number of aryl methyl sites for hydroxylation is 1. The van der Waals surface area contributed by atoms with Gasteiger partial charge >= 0.3 is 0 Å². The summed E-state index contributed by atoms with van der Waals surface area (Å²) in [5.41, 5.74) is 0. The maximum absolute atomic E-state index is 6.13. The van der Waals surface area contributed by atoms with Gasteiger partial charge in [0, 0.05) is 48.5 Å². The molecule has 1 saturated carbocycles. The number of rotatable bonds is 4. The number of hydrogen-bond donors (Lipinski definition) is 0. The fraction of sp³-hybridized carbons (Fsp3) is 0.778. The van der Waals surface area contributed by atoms with Gasteiger partial charge in [-0.1, -0.05) is 0 Å². The molecule has 0 bridgehead atoms. The van der Waals surface area contributed by atoms with Gasteiger partial charge in [-0.3, -0.25) is 9.80 Å². The summed E-state index contributed by atoms with van der Waals surface area (Å²) in [5.74, 6) is 0.993. The molecule has 0 unspecified atom stereocenters. The number of likely N-dealkylation sites (tertiary alicyclic amines) is 1. The molecule has 1 aromatic rings. The number of morpholine rings is 1. The Kier molecular flexibility index (Phi) is 4.54. The van der Waals surface area contributed by atoms with Gasteiger partial charge in [-0.05, 0) is 50.7 Å². The quantitative estimate of drug-likeness (QED) is 0.848. The number of fused-ring (bicyclic) bond motifs is 1. The minimum Gasteiger partial charge on any atom is -0.375 e. The van der Waals surface area contributed by atoms with Crippen molar-refractivity contribution < 1.29 is 4.74 Å². The van der Waals surface area contributed by atoms with E-state index in [-0.39, 0.29) is 0 Å². The molecule has 3 aliphatic rings. The largest absolute Gasteiger partial charge is 0.375 e. The van der Waals surface area contributed by atoms with Gasteiger partial charge in [-0.25, -0.2) is 0 Å². The molecule has 4 rings (SSSR count). The lowest BCUT2D eigenvalue weighted by Gasteiger charge is -2.40. The standard InChI is InChI=1S/C18H28N2OS/c1-14-2-5-16(22-14)13-19-8-6-17-18(7-9-19)21-11-10-20(17)12-15-3-4-15/h2,5,15,17-18H,3-4,6-13H2,1H3/t17-,18+/m1/s1. The average Bonchev–Trinajstić information content (AvgIpc) is 3.26. The summed E-state index contributed by atoms with van der Waals surface area (Å²) in [5, 5.41) is 0. The molecule has 0 amide bonds. The van der Waals surface area contributed by atoms with Gasteiger partial charge in [-0.15, -0.1) is 11.3 Å². The van der Waals surface area contributed by atoms with Crippen LogP contribution in [0, 0.1) is 12.8 Å². The van der Waals surface area contributed by atoms with Crippen LogP contribution in [0.5, 0.6) is 0 Å². The number of hydrogen-bond acceptors (Lipinski definition) is 4. The van der Waals surface area contributed by atoms with Crippen LogP contribution in [-0.2, 0) is 11.3 Å². The van der Waals surface area contributed by atoms with Crippen LogP contribution in [-0.4, -0.2) is 54.7 Å². The maximum atomic E-state index is 6.13. The van der Waals surface area contributed by atoms with E-state index >= 15 is 0 Å². The van der Waals surface area contributed by atoms with Crippen molar-refractivity contribution in [2.45, 2.75) is 51.3 Å². The number of thiophene rings is 1. The lowest BCUT2D eigenvalue weighted by Crippen LogP contribution is -2.51. The third kappa shape index (κ3) is 3.56. The Morgan fingerprint density at radius 1 is 1.14 bits per heavy atom. The molecule has 4 heteroatoms. The maximum Gasteiger partial charge on any atom is 0.0743 e. The highest BCUT2D eigenvalue weighted by Gasteiger charge is 2.37. The predicted octanol–water partition coefficient (Wildman–Crippen LogP) is 3.13. The summed E-state index contributed by atoms with van der Waals surface area (Å²) in [6, 6.07) is 5.22. The van der Waals surface area contributed by atoms with Crippen molar-refractivity contribution in [3.63, 3.8) is 0 Å². The lowest BCUT2D eigenvalue weighted by molar-refractivity contribution is -0.0727. The van der Waals surface area contributed by atoms with Gasteiger partial charge in [0.05, 0.1) is 12.7 Å². The first-order chi connectivity index (χ1) is 10.8. The molecule has 3 heterocycles. The van der Waals surface area contributed by atoms with Crippen LogP contribution in [0.25, 0.3) is 0 Å². The molecule has 2 saturated heterocycles. The van der Waals surface area contributed by atoms with Crippen LogP contribution in [0.15, 0.2) is 12.1 Å². The molecule has 0 aromatic carbocycles. The van der Waals surface area contributed by atoms with Crippen LogP contribution in [0.1, 0.15) is 35.4 Å². The van der Waals surface area contributed by atoms with Gasteiger partial charge in [0.15, 0.2) is 0 Å². The van der Waals surface area contributed by atoms with Crippen LogP contribution in [0.2, 0.25) is 0 Å². The molecule has 22 heavy (non-hydrogen) atoms. The molecule has 2 aliphatic heterocycles. The molecule has 0 radical (unpaired) electrons. The van der Waals surface area contributed by atoms with Crippen LogP contribution < -0.4 is 0 Å². The SMILES string of the molecule is Cc1ccc(CN2CC[C@@H]3OCCN(CC4CC4)[C@@H]3CC2)s1. The lowest BCUT2D eigenvalue weighted by atomic mass is 10.0. The number of nitrogens with zero attached hydrogens (tertiary/aromatic N) is 2. The van der Waals surface area contributed by atoms with Crippen molar-refractivity contribution in [1.82, 2.24) is 9.80 Å². The van der Waals surface area contributed by atoms with Crippen molar-refractivity contribution in [3.05, 3.63) is 21.9 Å². The molecule has 0 N–H and O–H groups in total. The van der Waals surface area contributed by atoms with E-state index in [4.69, 9.17) is 4.74 Å². The third-order valence-corrected chi connectivity index (χ3v) is 6.43. The Bertz CT molecular complexity index is 499. The fourth-order valence-electron chi connectivity index (χ4n) is 4.02. The van der Waals surface area contributed by atoms with E-state index in [1.807, 2.05) is 11.3 Å². The Balaban J connectivity index is 1.37. The summed E-state index contributed by atoms with van der Waals surface area (Å²) in [6.07, 6.45) is 5.87.